The summed E-state index contributed by atoms with van der Waals surface area (Å²) in [4.78, 5) is 23.7. The van der Waals surface area contributed by atoms with Crippen molar-refractivity contribution in [3.05, 3.63) is 65.7 Å². The molecule has 0 saturated heterocycles. The molecule has 0 saturated carbocycles. The predicted octanol–water partition coefficient (Wildman–Crippen LogP) is 2.09. The number of ether oxygens (including phenoxy) is 1. The minimum absolute atomic E-state index is 0.208. The molecule has 2 rings (SSSR count). The molecular weight excluding hydrogens is 280 g/mol. The van der Waals surface area contributed by atoms with Gasteiger partial charge in [0, 0.05) is 5.56 Å². The second-order valence-corrected chi connectivity index (χ2v) is 4.63. The molecule has 0 radical (unpaired) electrons. The van der Waals surface area contributed by atoms with Gasteiger partial charge < -0.3 is 4.74 Å². The smallest absolute Gasteiger partial charge is 0.269 e. The van der Waals surface area contributed by atoms with Gasteiger partial charge in [-0.1, -0.05) is 36.4 Å². The normalized spacial score (nSPS) is 9.86. The van der Waals surface area contributed by atoms with Crippen LogP contribution in [-0.2, 0) is 11.2 Å². The van der Waals surface area contributed by atoms with E-state index in [0.717, 1.165) is 5.56 Å². The van der Waals surface area contributed by atoms with Gasteiger partial charge in [0.15, 0.2) is 0 Å². The highest BCUT2D eigenvalue weighted by molar-refractivity contribution is 5.95. The van der Waals surface area contributed by atoms with Crippen LogP contribution in [0.5, 0.6) is 5.75 Å². The summed E-state index contributed by atoms with van der Waals surface area (Å²) in [6, 6.07) is 16.1. The molecule has 2 aromatic carbocycles. The van der Waals surface area contributed by atoms with Gasteiger partial charge >= 0.3 is 0 Å². The van der Waals surface area contributed by atoms with Crippen LogP contribution >= 0.6 is 0 Å². The summed E-state index contributed by atoms with van der Waals surface area (Å²) in [6.45, 7) is 2.40. The number of carbonyl (C=O) groups is 2. The summed E-state index contributed by atoms with van der Waals surface area (Å²) >= 11 is 0. The number of benzene rings is 2. The number of nitrogens with one attached hydrogen (secondary N) is 2. The van der Waals surface area contributed by atoms with Crippen LogP contribution in [0.15, 0.2) is 54.6 Å². The first-order valence-corrected chi connectivity index (χ1v) is 7.05. The first-order chi connectivity index (χ1) is 10.7. The molecule has 0 unspecified atom stereocenters. The van der Waals surface area contributed by atoms with E-state index in [1.807, 2.05) is 37.3 Å². The fourth-order valence-corrected chi connectivity index (χ4v) is 1.92. The number of carbonyl (C=O) groups excluding carboxylic acids is 2. The Kier molecular flexibility index (Phi) is 5.54. The van der Waals surface area contributed by atoms with E-state index in [-0.39, 0.29) is 18.2 Å². The van der Waals surface area contributed by atoms with E-state index >= 15 is 0 Å². The fourth-order valence-electron chi connectivity index (χ4n) is 1.92. The van der Waals surface area contributed by atoms with Crippen LogP contribution in [0.1, 0.15) is 22.8 Å². The van der Waals surface area contributed by atoms with Crippen molar-refractivity contribution in [1.82, 2.24) is 10.9 Å². The molecule has 5 heteroatoms. The van der Waals surface area contributed by atoms with Crippen molar-refractivity contribution in [3.63, 3.8) is 0 Å². The number of hydrogen-bond acceptors (Lipinski definition) is 3. The van der Waals surface area contributed by atoms with Gasteiger partial charge in [0.05, 0.1) is 13.0 Å². The van der Waals surface area contributed by atoms with E-state index in [1.165, 1.54) is 0 Å². The zero-order chi connectivity index (χ0) is 15.8. The van der Waals surface area contributed by atoms with Crippen LogP contribution in [0, 0.1) is 0 Å². The second-order valence-electron chi connectivity index (χ2n) is 4.63. The summed E-state index contributed by atoms with van der Waals surface area (Å²) in [6.07, 6.45) is 0.208. The standard InChI is InChI=1S/C17H18N2O3/c1-2-22-15-10-6-9-14(12-15)17(21)19-18-16(20)11-13-7-4-3-5-8-13/h3-10,12H,2,11H2,1H3,(H,18,20)(H,19,21). The van der Waals surface area contributed by atoms with Crippen molar-refractivity contribution in [2.24, 2.45) is 0 Å². The third-order valence-corrected chi connectivity index (χ3v) is 2.93. The Morgan fingerprint density at radius 2 is 1.77 bits per heavy atom. The first kappa shape index (κ1) is 15.6. The molecule has 0 aromatic heterocycles. The molecule has 5 nitrogen and oxygen atoms in total. The van der Waals surface area contributed by atoms with E-state index in [4.69, 9.17) is 4.74 Å². The molecule has 22 heavy (non-hydrogen) atoms. The van der Waals surface area contributed by atoms with Crippen LogP contribution in [-0.4, -0.2) is 18.4 Å². The number of hydrazine groups is 1. The molecule has 0 spiro atoms. The highest BCUT2D eigenvalue weighted by Crippen LogP contribution is 2.12. The van der Waals surface area contributed by atoms with Crippen molar-refractivity contribution in [1.29, 1.82) is 0 Å². The van der Waals surface area contributed by atoms with Crippen molar-refractivity contribution >= 4 is 11.8 Å². The van der Waals surface area contributed by atoms with Crippen molar-refractivity contribution < 1.29 is 14.3 Å². The Balaban J connectivity index is 1.87. The van der Waals surface area contributed by atoms with Gasteiger partial charge in [-0.15, -0.1) is 0 Å². The minimum Gasteiger partial charge on any atom is -0.494 e. The van der Waals surface area contributed by atoms with Gasteiger partial charge in [0.2, 0.25) is 5.91 Å². The predicted molar refractivity (Wildman–Crippen MR) is 83.4 cm³/mol. The Morgan fingerprint density at radius 1 is 1.00 bits per heavy atom. The molecule has 2 aromatic rings. The monoisotopic (exact) mass is 298 g/mol. The number of rotatable bonds is 5. The molecule has 2 amide bonds. The topological polar surface area (TPSA) is 67.4 Å². The lowest BCUT2D eigenvalue weighted by Crippen LogP contribution is -2.42. The van der Waals surface area contributed by atoms with Gasteiger partial charge in [0.1, 0.15) is 5.75 Å². The first-order valence-electron chi connectivity index (χ1n) is 7.05. The highest BCUT2D eigenvalue weighted by Gasteiger charge is 2.08. The molecule has 0 atom stereocenters. The molecule has 114 valence electrons. The van der Waals surface area contributed by atoms with Crippen molar-refractivity contribution in [3.8, 4) is 5.75 Å². The van der Waals surface area contributed by atoms with Crippen LogP contribution < -0.4 is 15.6 Å². The lowest BCUT2D eigenvalue weighted by atomic mass is 10.1. The van der Waals surface area contributed by atoms with Crippen molar-refractivity contribution in [2.45, 2.75) is 13.3 Å². The minimum atomic E-state index is -0.386. The van der Waals surface area contributed by atoms with E-state index in [1.54, 1.807) is 24.3 Å². The van der Waals surface area contributed by atoms with Crippen LogP contribution in [0.3, 0.4) is 0 Å². The Bertz CT molecular complexity index is 641. The molecule has 0 fully saturated rings. The Labute approximate surface area is 129 Å². The summed E-state index contributed by atoms with van der Waals surface area (Å²) in [5, 5.41) is 0. The molecule has 0 aliphatic carbocycles. The Hall–Kier alpha value is -2.82. The van der Waals surface area contributed by atoms with Crippen LogP contribution in [0.25, 0.3) is 0 Å². The molecule has 0 aliphatic rings. The van der Waals surface area contributed by atoms with E-state index in [0.29, 0.717) is 17.9 Å². The lowest BCUT2D eigenvalue weighted by molar-refractivity contribution is -0.121. The average molecular weight is 298 g/mol. The van der Waals surface area contributed by atoms with Crippen LogP contribution in [0.4, 0.5) is 0 Å². The van der Waals surface area contributed by atoms with Gasteiger partial charge in [-0.3, -0.25) is 20.4 Å². The maximum Gasteiger partial charge on any atom is 0.269 e. The van der Waals surface area contributed by atoms with Crippen LogP contribution in [0.2, 0.25) is 0 Å². The maximum absolute atomic E-state index is 12.0. The van der Waals surface area contributed by atoms with Gasteiger partial charge in [-0.25, -0.2) is 0 Å². The highest BCUT2D eigenvalue weighted by atomic mass is 16.5. The largest absolute Gasteiger partial charge is 0.494 e. The summed E-state index contributed by atoms with van der Waals surface area (Å²) in [7, 11) is 0. The zero-order valence-corrected chi connectivity index (χ0v) is 12.3. The molecular formula is C17H18N2O3. The average Bonchev–Trinajstić information content (AvgIpc) is 2.54. The van der Waals surface area contributed by atoms with E-state index < -0.39 is 0 Å². The molecule has 2 N–H and O–H groups in total. The maximum atomic E-state index is 12.0. The number of hydrogen-bond donors (Lipinski definition) is 2. The van der Waals surface area contributed by atoms with E-state index in [2.05, 4.69) is 10.9 Å². The SMILES string of the molecule is CCOc1cccc(C(=O)NNC(=O)Cc2ccccc2)c1. The molecule has 0 heterocycles. The molecule has 0 bridgehead atoms. The third kappa shape index (κ3) is 4.63. The quantitative estimate of drug-likeness (QED) is 0.831. The van der Waals surface area contributed by atoms with Crippen molar-refractivity contribution in [2.75, 3.05) is 6.61 Å². The zero-order valence-electron chi connectivity index (χ0n) is 12.3. The molecule has 0 aliphatic heterocycles. The van der Waals surface area contributed by atoms with Gasteiger partial charge in [-0.2, -0.15) is 0 Å². The summed E-state index contributed by atoms with van der Waals surface area (Å²) in [5.41, 5.74) is 6.10. The summed E-state index contributed by atoms with van der Waals surface area (Å²) in [5.74, 6) is -0.0470. The van der Waals surface area contributed by atoms with Gasteiger partial charge in [0.25, 0.3) is 5.91 Å². The lowest BCUT2D eigenvalue weighted by Gasteiger charge is -2.09. The third-order valence-electron chi connectivity index (χ3n) is 2.93. The summed E-state index contributed by atoms with van der Waals surface area (Å²) < 4.78 is 5.33. The van der Waals surface area contributed by atoms with Gasteiger partial charge in [-0.05, 0) is 30.7 Å². The Morgan fingerprint density at radius 3 is 2.50 bits per heavy atom. The van der Waals surface area contributed by atoms with E-state index in [9.17, 15) is 9.59 Å². The fraction of sp³-hybridized carbons (Fsp3) is 0.176. The number of amides is 2. The second kappa shape index (κ2) is 7.83.